The third-order valence-electron chi connectivity index (χ3n) is 3.81. The van der Waals surface area contributed by atoms with Crippen LogP contribution in [0.5, 0.6) is 0 Å². The molecule has 0 unspecified atom stereocenters. The number of hydrogen-bond acceptors (Lipinski definition) is 1. The summed E-state index contributed by atoms with van der Waals surface area (Å²) in [6.45, 7) is 0. The Morgan fingerprint density at radius 2 is 2.15 bits per heavy atom. The monoisotopic (exact) mass is 240 g/mol. The molecule has 70 valence electrons. The van der Waals surface area contributed by atoms with E-state index in [1.165, 1.54) is 10.9 Å². The minimum Gasteiger partial charge on any atom is -0.376 e. The molecular weight excluding hydrogens is 228 g/mol. The van der Waals surface area contributed by atoms with Gasteiger partial charge in [-0.25, -0.2) is 0 Å². The fraction of sp³-hybridized carbons (Fsp3) is 0.636. The van der Waals surface area contributed by atoms with E-state index in [0.29, 0.717) is 6.10 Å². The van der Waals surface area contributed by atoms with Gasteiger partial charge in [0.05, 0.1) is 6.10 Å². The average molecular weight is 241 g/mol. The Bertz CT molecular complexity index is 294. The second kappa shape index (κ2) is 2.71. The van der Waals surface area contributed by atoms with E-state index in [2.05, 4.69) is 34.2 Å². The highest BCUT2D eigenvalue weighted by atomic mass is 79.9. The number of allylic oxidation sites excluding steroid dienone is 3. The molecular formula is C11H13BrO. The molecule has 0 amide bonds. The number of rotatable bonds is 1. The Morgan fingerprint density at radius 3 is 2.92 bits per heavy atom. The molecule has 2 heteroatoms. The maximum Gasteiger partial charge on any atom is 0.0922 e. The zero-order valence-corrected chi connectivity index (χ0v) is 9.20. The summed E-state index contributed by atoms with van der Waals surface area (Å²) in [6, 6.07) is 0. The van der Waals surface area contributed by atoms with Crippen molar-refractivity contribution in [3.05, 3.63) is 22.7 Å². The van der Waals surface area contributed by atoms with E-state index >= 15 is 0 Å². The van der Waals surface area contributed by atoms with Crippen LogP contribution in [0.3, 0.4) is 0 Å². The summed E-state index contributed by atoms with van der Waals surface area (Å²) in [5, 5.41) is 0. The summed E-state index contributed by atoms with van der Waals surface area (Å²) in [5.74, 6) is 3.03. The number of ether oxygens (including phenoxy) is 1. The summed E-state index contributed by atoms with van der Waals surface area (Å²) in [5.41, 5.74) is 0. The first-order valence-corrected chi connectivity index (χ1v) is 5.69. The molecule has 3 rings (SSSR count). The Labute approximate surface area is 87.0 Å². The minimum absolute atomic E-state index is 0.324. The van der Waals surface area contributed by atoms with E-state index in [1.54, 1.807) is 0 Å². The van der Waals surface area contributed by atoms with E-state index in [4.69, 9.17) is 4.74 Å². The molecule has 5 atom stereocenters. The molecule has 0 aliphatic heterocycles. The van der Waals surface area contributed by atoms with Gasteiger partial charge in [0.2, 0.25) is 0 Å². The SMILES string of the molecule is CO[C@@H]1C(Br)=C[C@@H]2[C@@H]1[C@H]1C=C[C@H]2C1. The van der Waals surface area contributed by atoms with Gasteiger partial charge in [0.15, 0.2) is 0 Å². The molecule has 0 radical (unpaired) electrons. The lowest BCUT2D eigenvalue weighted by Gasteiger charge is -2.25. The predicted octanol–water partition coefficient (Wildman–Crippen LogP) is 2.73. The van der Waals surface area contributed by atoms with Crippen LogP contribution < -0.4 is 0 Å². The van der Waals surface area contributed by atoms with Crippen LogP contribution in [-0.4, -0.2) is 13.2 Å². The largest absolute Gasteiger partial charge is 0.376 e. The number of hydrogen-bond donors (Lipinski definition) is 0. The summed E-state index contributed by atoms with van der Waals surface area (Å²) >= 11 is 3.61. The van der Waals surface area contributed by atoms with Crippen molar-refractivity contribution < 1.29 is 4.74 Å². The fourth-order valence-corrected chi connectivity index (χ4v) is 4.09. The van der Waals surface area contributed by atoms with Crippen LogP contribution in [0.25, 0.3) is 0 Å². The molecule has 2 bridgehead atoms. The van der Waals surface area contributed by atoms with Gasteiger partial charge in [-0.1, -0.05) is 34.2 Å². The van der Waals surface area contributed by atoms with E-state index in [1.807, 2.05) is 7.11 Å². The van der Waals surface area contributed by atoms with Gasteiger partial charge in [-0.05, 0) is 24.2 Å². The minimum atomic E-state index is 0.324. The molecule has 0 N–H and O–H groups in total. The van der Waals surface area contributed by atoms with Gasteiger partial charge in [0.25, 0.3) is 0 Å². The topological polar surface area (TPSA) is 9.23 Å². The smallest absolute Gasteiger partial charge is 0.0922 e. The average Bonchev–Trinajstić information content (AvgIpc) is 2.72. The van der Waals surface area contributed by atoms with Crippen LogP contribution in [0.4, 0.5) is 0 Å². The maximum atomic E-state index is 5.54. The molecule has 3 aliphatic carbocycles. The first kappa shape index (κ1) is 8.25. The van der Waals surface area contributed by atoms with Gasteiger partial charge in [0, 0.05) is 17.5 Å². The second-order valence-corrected chi connectivity index (χ2v) is 5.23. The number of fused-ring (bicyclic) bond motifs is 5. The molecule has 0 spiro atoms. The Hall–Kier alpha value is -0.0800. The first-order valence-electron chi connectivity index (χ1n) is 4.89. The van der Waals surface area contributed by atoms with E-state index in [9.17, 15) is 0 Å². The van der Waals surface area contributed by atoms with Crippen molar-refractivity contribution in [3.63, 3.8) is 0 Å². The van der Waals surface area contributed by atoms with Crippen LogP contribution >= 0.6 is 15.9 Å². The van der Waals surface area contributed by atoms with E-state index in [-0.39, 0.29) is 0 Å². The van der Waals surface area contributed by atoms with Crippen molar-refractivity contribution in [1.29, 1.82) is 0 Å². The second-order valence-electron chi connectivity index (χ2n) is 4.31. The molecule has 0 heterocycles. The normalized spacial score (nSPS) is 51.2. The molecule has 0 aromatic heterocycles. The van der Waals surface area contributed by atoms with Crippen molar-refractivity contribution in [1.82, 2.24) is 0 Å². The van der Waals surface area contributed by atoms with E-state index < -0.39 is 0 Å². The van der Waals surface area contributed by atoms with Gasteiger partial charge in [-0.15, -0.1) is 0 Å². The summed E-state index contributed by atoms with van der Waals surface area (Å²) in [6.07, 6.45) is 8.82. The van der Waals surface area contributed by atoms with Crippen LogP contribution in [-0.2, 0) is 4.74 Å². The Morgan fingerprint density at radius 1 is 1.38 bits per heavy atom. The highest BCUT2D eigenvalue weighted by Crippen LogP contribution is 2.55. The number of methoxy groups -OCH3 is 1. The molecule has 0 aromatic rings. The Balaban J connectivity index is 1.97. The molecule has 0 aromatic carbocycles. The van der Waals surface area contributed by atoms with Crippen molar-refractivity contribution in [3.8, 4) is 0 Å². The van der Waals surface area contributed by atoms with Gasteiger partial charge in [0.1, 0.15) is 0 Å². The first-order chi connectivity index (χ1) is 6.31. The summed E-state index contributed by atoms with van der Waals surface area (Å²) < 4.78 is 6.81. The lowest BCUT2D eigenvalue weighted by Crippen LogP contribution is -2.26. The van der Waals surface area contributed by atoms with Crippen LogP contribution in [0.2, 0.25) is 0 Å². The lowest BCUT2D eigenvalue weighted by atomic mass is 9.84. The van der Waals surface area contributed by atoms with E-state index in [0.717, 1.165) is 23.7 Å². The van der Waals surface area contributed by atoms with Gasteiger partial charge >= 0.3 is 0 Å². The molecule has 13 heavy (non-hydrogen) atoms. The highest BCUT2D eigenvalue weighted by Gasteiger charge is 2.51. The Kier molecular flexibility index (Phi) is 1.72. The maximum absolute atomic E-state index is 5.54. The highest BCUT2D eigenvalue weighted by molar-refractivity contribution is 9.11. The third kappa shape index (κ3) is 0.962. The van der Waals surface area contributed by atoms with Crippen molar-refractivity contribution in [2.45, 2.75) is 12.5 Å². The zero-order chi connectivity index (χ0) is 9.00. The fourth-order valence-electron chi connectivity index (χ4n) is 3.29. The lowest BCUT2D eigenvalue weighted by molar-refractivity contribution is 0.0747. The van der Waals surface area contributed by atoms with Crippen LogP contribution in [0, 0.1) is 23.7 Å². The molecule has 1 fully saturated rings. The predicted molar refractivity (Wildman–Crippen MR) is 55.5 cm³/mol. The number of halogens is 1. The molecule has 0 saturated heterocycles. The van der Waals surface area contributed by atoms with Crippen molar-refractivity contribution in [2.75, 3.05) is 7.11 Å². The molecule has 1 nitrogen and oxygen atoms in total. The van der Waals surface area contributed by atoms with Crippen molar-refractivity contribution >= 4 is 15.9 Å². The molecule has 1 saturated carbocycles. The van der Waals surface area contributed by atoms with Crippen LogP contribution in [0.15, 0.2) is 22.7 Å². The zero-order valence-electron chi connectivity index (χ0n) is 7.61. The molecule has 3 aliphatic rings. The van der Waals surface area contributed by atoms with Crippen LogP contribution in [0.1, 0.15) is 6.42 Å². The standard InChI is InChI=1S/C11H13BrO/c1-13-11-9(12)5-8-6-2-3-7(4-6)10(8)11/h2-3,5-8,10-11H,4H2,1H3/t6-,7-,8-,10-,11+/m0/s1. The van der Waals surface area contributed by atoms with Gasteiger partial charge in [-0.3, -0.25) is 0 Å². The summed E-state index contributed by atoms with van der Waals surface area (Å²) in [4.78, 5) is 0. The third-order valence-corrected chi connectivity index (χ3v) is 4.53. The van der Waals surface area contributed by atoms with Gasteiger partial charge < -0.3 is 4.74 Å². The summed E-state index contributed by atoms with van der Waals surface area (Å²) in [7, 11) is 1.82. The quantitative estimate of drug-likeness (QED) is 0.641. The van der Waals surface area contributed by atoms with Crippen molar-refractivity contribution in [2.24, 2.45) is 23.7 Å². The van der Waals surface area contributed by atoms with Gasteiger partial charge in [-0.2, -0.15) is 0 Å².